The number of rotatable bonds is 4. The van der Waals surface area contributed by atoms with Gasteiger partial charge in [-0.3, -0.25) is 0 Å². The number of aryl methyl sites for hydroxylation is 1. The lowest BCUT2D eigenvalue weighted by atomic mass is 10.3. The van der Waals surface area contributed by atoms with Crippen LogP contribution in [-0.2, 0) is 0 Å². The summed E-state index contributed by atoms with van der Waals surface area (Å²) in [5.41, 5.74) is 3.29. The summed E-state index contributed by atoms with van der Waals surface area (Å²) >= 11 is 0. The molecule has 0 N–H and O–H groups in total. The van der Waals surface area contributed by atoms with Crippen molar-refractivity contribution in [1.29, 1.82) is 0 Å². The van der Waals surface area contributed by atoms with E-state index in [1.165, 1.54) is 18.5 Å². The van der Waals surface area contributed by atoms with Crippen molar-refractivity contribution in [2.45, 2.75) is 25.8 Å². The third-order valence-corrected chi connectivity index (χ3v) is 3.76. The Morgan fingerprint density at radius 2 is 1.71 bits per heavy atom. The topological polar surface area (TPSA) is 31.8 Å². The molecule has 1 aliphatic carbocycles. The van der Waals surface area contributed by atoms with Crippen molar-refractivity contribution < 1.29 is 4.57 Å². The number of anilines is 1. The fourth-order valence-corrected chi connectivity index (χ4v) is 2.43. The van der Waals surface area contributed by atoms with Gasteiger partial charge in [0.25, 0.3) is 0 Å². The molecular formula is C17H21N4+. The summed E-state index contributed by atoms with van der Waals surface area (Å²) in [6.45, 7) is 2.13. The SMILES string of the molecule is Cc1cccc(N=Nc2ccc(N(C)C)cc2)[n+]1C1CC1. The molecule has 4 nitrogen and oxygen atoms in total. The number of benzene rings is 1. The first-order chi connectivity index (χ1) is 10.1. The molecular weight excluding hydrogens is 260 g/mol. The predicted octanol–water partition coefficient (Wildman–Crippen LogP) is 4.10. The molecule has 0 bridgehead atoms. The van der Waals surface area contributed by atoms with Gasteiger partial charge in [-0.2, -0.15) is 0 Å². The monoisotopic (exact) mass is 281 g/mol. The minimum Gasteiger partial charge on any atom is -0.378 e. The summed E-state index contributed by atoms with van der Waals surface area (Å²) in [6.07, 6.45) is 2.49. The van der Waals surface area contributed by atoms with Crippen LogP contribution in [0.15, 0.2) is 52.7 Å². The van der Waals surface area contributed by atoms with Crippen LogP contribution in [0.4, 0.5) is 17.2 Å². The molecule has 1 aliphatic rings. The lowest BCUT2D eigenvalue weighted by Gasteiger charge is -2.11. The highest BCUT2D eigenvalue weighted by Gasteiger charge is 2.32. The van der Waals surface area contributed by atoms with E-state index in [-0.39, 0.29) is 0 Å². The van der Waals surface area contributed by atoms with E-state index in [1.54, 1.807) is 0 Å². The van der Waals surface area contributed by atoms with Crippen LogP contribution in [-0.4, -0.2) is 14.1 Å². The van der Waals surface area contributed by atoms with E-state index in [0.29, 0.717) is 6.04 Å². The Hall–Kier alpha value is -2.23. The Bertz CT molecular complexity index is 655. The van der Waals surface area contributed by atoms with E-state index >= 15 is 0 Å². The van der Waals surface area contributed by atoms with Crippen LogP contribution in [0.3, 0.4) is 0 Å². The summed E-state index contributed by atoms with van der Waals surface area (Å²) in [7, 11) is 4.06. The van der Waals surface area contributed by atoms with Crippen molar-refractivity contribution >= 4 is 17.2 Å². The molecule has 1 heterocycles. The van der Waals surface area contributed by atoms with Gasteiger partial charge in [-0.25, -0.2) is 4.57 Å². The average Bonchev–Trinajstić information content (AvgIpc) is 3.30. The first kappa shape index (κ1) is 13.7. The highest BCUT2D eigenvalue weighted by atomic mass is 15.2. The second-order valence-corrected chi connectivity index (χ2v) is 5.74. The zero-order valence-corrected chi connectivity index (χ0v) is 12.8. The molecule has 0 aliphatic heterocycles. The van der Waals surface area contributed by atoms with Gasteiger partial charge < -0.3 is 4.90 Å². The molecule has 0 spiro atoms. The molecule has 1 saturated carbocycles. The van der Waals surface area contributed by atoms with Gasteiger partial charge in [0.2, 0.25) is 0 Å². The van der Waals surface area contributed by atoms with Crippen LogP contribution in [0.1, 0.15) is 24.6 Å². The van der Waals surface area contributed by atoms with Crippen molar-refractivity contribution in [3.63, 3.8) is 0 Å². The summed E-state index contributed by atoms with van der Waals surface area (Å²) < 4.78 is 2.29. The van der Waals surface area contributed by atoms with Crippen molar-refractivity contribution in [2.75, 3.05) is 19.0 Å². The van der Waals surface area contributed by atoms with Crippen LogP contribution in [0.2, 0.25) is 0 Å². The first-order valence-corrected chi connectivity index (χ1v) is 7.35. The molecule has 0 atom stereocenters. The van der Waals surface area contributed by atoms with Gasteiger partial charge in [0.15, 0.2) is 0 Å². The van der Waals surface area contributed by atoms with E-state index in [1.807, 2.05) is 38.4 Å². The van der Waals surface area contributed by atoms with E-state index in [9.17, 15) is 0 Å². The largest absolute Gasteiger partial charge is 0.378 e. The van der Waals surface area contributed by atoms with E-state index in [4.69, 9.17) is 0 Å². The lowest BCUT2D eigenvalue weighted by molar-refractivity contribution is -0.693. The minimum atomic E-state index is 0.608. The summed E-state index contributed by atoms with van der Waals surface area (Å²) in [5.74, 6) is 0.939. The van der Waals surface area contributed by atoms with Crippen LogP contribution < -0.4 is 9.47 Å². The van der Waals surface area contributed by atoms with Gasteiger partial charge in [-0.1, -0.05) is 6.07 Å². The van der Waals surface area contributed by atoms with Crippen LogP contribution in [0.25, 0.3) is 0 Å². The van der Waals surface area contributed by atoms with E-state index in [0.717, 1.165) is 17.2 Å². The van der Waals surface area contributed by atoms with Crippen LogP contribution >= 0.6 is 0 Å². The fourth-order valence-electron chi connectivity index (χ4n) is 2.43. The summed E-state index contributed by atoms with van der Waals surface area (Å²) in [6, 6.07) is 14.9. The second-order valence-electron chi connectivity index (χ2n) is 5.74. The Kier molecular flexibility index (Phi) is 3.69. The Labute approximate surface area is 125 Å². The fraction of sp³-hybridized carbons (Fsp3) is 0.353. The predicted molar refractivity (Wildman–Crippen MR) is 84.6 cm³/mol. The van der Waals surface area contributed by atoms with Crippen molar-refractivity contribution in [3.8, 4) is 0 Å². The Balaban J connectivity index is 1.84. The number of hydrogen-bond acceptors (Lipinski definition) is 3. The number of hydrogen-bond donors (Lipinski definition) is 0. The molecule has 0 amide bonds. The average molecular weight is 281 g/mol. The maximum atomic E-state index is 4.45. The number of aromatic nitrogens is 1. The maximum absolute atomic E-state index is 4.45. The lowest BCUT2D eigenvalue weighted by Crippen LogP contribution is -2.35. The van der Waals surface area contributed by atoms with Crippen molar-refractivity contribution in [1.82, 2.24) is 0 Å². The highest BCUT2D eigenvalue weighted by Crippen LogP contribution is 2.32. The van der Waals surface area contributed by atoms with Crippen molar-refractivity contribution in [2.24, 2.45) is 10.2 Å². The van der Waals surface area contributed by atoms with Gasteiger partial charge >= 0.3 is 5.82 Å². The Morgan fingerprint density at radius 3 is 2.33 bits per heavy atom. The van der Waals surface area contributed by atoms with Gasteiger partial charge in [-0.05, 0) is 55.2 Å². The zero-order valence-electron chi connectivity index (χ0n) is 12.8. The molecule has 0 unspecified atom stereocenters. The van der Waals surface area contributed by atoms with Crippen LogP contribution in [0, 0.1) is 6.92 Å². The summed E-state index contributed by atoms with van der Waals surface area (Å²) in [4.78, 5) is 2.07. The number of pyridine rings is 1. The molecule has 0 saturated heterocycles. The van der Waals surface area contributed by atoms with Crippen molar-refractivity contribution in [3.05, 3.63) is 48.2 Å². The van der Waals surface area contributed by atoms with E-state index < -0.39 is 0 Å². The quantitative estimate of drug-likeness (QED) is 0.613. The summed E-state index contributed by atoms with van der Waals surface area (Å²) in [5, 5.41) is 8.82. The number of azo groups is 1. The molecule has 3 rings (SSSR count). The van der Waals surface area contributed by atoms with Gasteiger partial charge in [-0.15, -0.1) is 0 Å². The molecule has 1 fully saturated rings. The molecule has 21 heavy (non-hydrogen) atoms. The van der Waals surface area contributed by atoms with Gasteiger partial charge in [0.1, 0.15) is 17.4 Å². The maximum Gasteiger partial charge on any atom is 0.351 e. The molecule has 108 valence electrons. The van der Waals surface area contributed by atoms with Crippen LogP contribution in [0.5, 0.6) is 0 Å². The minimum absolute atomic E-state index is 0.608. The molecule has 0 radical (unpaired) electrons. The zero-order chi connectivity index (χ0) is 14.8. The normalized spacial score (nSPS) is 14.6. The van der Waals surface area contributed by atoms with Gasteiger partial charge in [0, 0.05) is 25.8 Å². The standard InChI is InChI=1S/C17H21N4/c1-13-5-4-6-17(21(13)16-11-12-16)19-18-14-7-9-15(10-8-14)20(2)3/h4-10,16H,11-12H2,1-3H3/q+1. The smallest absolute Gasteiger partial charge is 0.351 e. The first-order valence-electron chi connectivity index (χ1n) is 7.35. The molecule has 1 aromatic heterocycles. The third-order valence-electron chi connectivity index (χ3n) is 3.76. The van der Waals surface area contributed by atoms with E-state index in [2.05, 4.69) is 44.8 Å². The Morgan fingerprint density at radius 1 is 1.00 bits per heavy atom. The third kappa shape index (κ3) is 3.10. The molecule has 4 heteroatoms. The van der Waals surface area contributed by atoms with Gasteiger partial charge in [0.05, 0.1) is 5.11 Å². The molecule has 2 aromatic rings. The second kappa shape index (κ2) is 5.64. The number of nitrogens with zero attached hydrogens (tertiary/aromatic N) is 4. The molecule has 1 aromatic carbocycles. The highest BCUT2D eigenvalue weighted by molar-refractivity contribution is 5.51.